The van der Waals surface area contributed by atoms with E-state index < -0.39 is 16.7 Å². The summed E-state index contributed by atoms with van der Waals surface area (Å²) < 4.78 is 0. The van der Waals surface area contributed by atoms with E-state index in [0.717, 1.165) is 36.6 Å². The summed E-state index contributed by atoms with van der Waals surface area (Å²) >= 11 is 0. The number of non-ortho nitro benzene ring substituents is 1. The van der Waals surface area contributed by atoms with E-state index >= 15 is 0 Å². The monoisotopic (exact) mass is 441 g/mol. The summed E-state index contributed by atoms with van der Waals surface area (Å²) in [6.45, 7) is 0.148. The van der Waals surface area contributed by atoms with Crippen LogP contribution in [0.2, 0.25) is 0 Å². The molecule has 172 valence electrons. The minimum atomic E-state index is -0.579. The Kier molecular flexibility index (Phi) is 6.86. The van der Waals surface area contributed by atoms with E-state index in [0.29, 0.717) is 24.9 Å². The summed E-state index contributed by atoms with van der Waals surface area (Å²) in [6, 6.07) is 4.38. The van der Waals surface area contributed by atoms with Crippen LogP contribution in [0.1, 0.15) is 97.8 Å². The number of amides is 3. The van der Waals surface area contributed by atoms with Gasteiger partial charge in [-0.15, -0.1) is 0 Å². The van der Waals surface area contributed by atoms with Gasteiger partial charge in [-0.2, -0.15) is 0 Å². The number of nitrogens with zero attached hydrogens (tertiary/aromatic N) is 3. The van der Waals surface area contributed by atoms with Gasteiger partial charge in [0.15, 0.2) is 0 Å². The summed E-state index contributed by atoms with van der Waals surface area (Å²) in [5, 5.41) is 11.0. The van der Waals surface area contributed by atoms with Crippen LogP contribution in [0.3, 0.4) is 0 Å². The maximum Gasteiger partial charge on any atom is 0.270 e. The Morgan fingerprint density at radius 1 is 0.938 bits per heavy atom. The Bertz CT molecular complexity index is 885. The number of hydrogen-bond acceptors (Lipinski definition) is 5. The molecule has 1 heterocycles. The number of nitro benzene ring substituents is 1. The van der Waals surface area contributed by atoms with Crippen molar-refractivity contribution < 1.29 is 19.3 Å². The summed E-state index contributed by atoms with van der Waals surface area (Å²) in [5.41, 5.74) is 0.0528. The lowest BCUT2D eigenvalue weighted by atomic mass is 9.88. The minimum absolute atomic E-state index is 0.0709. The Hall–Kier alpha value is -2.77. The zero-order valence-corrected chi connectivity index (χ0v) is 18.5. The van der Waals surface area contributed by atoms with Gasteiger partial charge in [-0.1, -0.05) is 38.5 Å². The molecular weight excluding hydrogens is 410 g/mol. The molecule has 8 nitrogen and oxygen atoms in total. The number of benzene rings is 1. The third-order valence-corrected chi connectivity index (χ3v) is 7.16. The van der Waals surface area contributed by atoms with Gasteiger partial charge >= 0.3 is 0 Å². The maximum atomic E-state index is 13.3. The quantitative estimate of drug-likeness (QED) is 0.353. The average Bonchev–Trinajstić information content (AvgIpc) is 3.05. The van der Waals surface area contributed by atoms with Crippen molar-refractivity contribution in [3.05, 3.63) is 39.4 Å². The van der Waals surface area contributed by atoms with Crippen molar-refractivity contribution in [2.75, 3.05) is 6.54 Å². The van der Waals surface area contributed by atoms with Gasteiger partial charge in [0.05, 0.1) is 16.1 Å². The standard InChI is InChI=1S/C24H31N3O5/c28-22(26(17-8-3-1-4-9-17)18-10-5-2-6-11-18)12-7-15-25-23(29)20-14-13-19(27(31)32)16-21(20)24(25)30/h13-14,16-18H,1-12,15H2. The molecule has 0 radical (unpaired) electrons. The first-order valence-corrected chi connectivity index (χ1v) is 11.9. The Labute approximate surface area is 188 Å². The molecule has 0 atom stereocenters. The van der Waals surface area contributed by atoms with Crippen molar-refractivity contribution in [3.8, 4) is 0 Å². The maximum absolute atomic E-state index is 13.3. The van der Waals surface area contributed by atoms with Gasteiger partial charge in [-0.05, 0) is 38.2 Å². The predicted octanol–water partition coefficient (Wildman–Crippen LogP) is 4.47. The number of nitro groups is 1. The van der Waals surface area contributed by atoms with Crippen LogP contribution in [0.25, 0.3) is 0 Å². The number of imide groups is 1. The molecule has 0 spiro atoms. The molecule has 1 aliphatic heterocycles. The fraction of sp³-hybridized carbons (Fsp3) is 0.625. The van der Waals surface area contributed by atoms with E-state index in [9.17, 15) is 24.5 Å². The van der Waals surface area contributed by atoms with Crippen molar-refractivity contribution >= 4 is 23.4 Å². The Morgan fingerprint density at radius 2 is 1.50 bits per heavy atom. The zero-order valence-electron chi connectivity index (χ0n) is 18.5. The average molecular weight is 442 g/mol. The van der Waals surface area contributed by atoms with E-state index in [-0.39, 0.29) is 29.3 Å². The van der Waals surface area contributed by atoms with E-state index in [2.05, 4.69) is 4.90 Å². The van der Waals surface area contributed by atoms with Crippen molar-refractivity contribution in [2.24, 2.45) is 0 Å². The molecule has 0 saturated heterocycles. The van der Waals surface area contributed by atoms with E-state index in [1.165, 1.54) is 50.7 Å². The minimum Gasteiger partial charge on any atom is -0.337 e. The van der Waals surface area contributed by atoms with Crippen LogP contribution in [-0.2, 0) is 4.79 Å². The SMILES string of the molecule is O=C1c2ccc([N+](=O)[O-])cc2C(=O)N1CCCC(=O)N(C1CCCCC1)C1CCCCC1. The molecule has 3 aliphatic rings. The number of fused-ring (bicyclic) bond motifs is 1. The van der Waals surface area contributed by atoms with Crippen LogP contribution in [0, 0.1) is 10.1 Å². The highest BCUT2D eigenvalue weighted by atomic mass is 16.6. The Morgan fingerprint density at radius 3 is 2.06 bits per heavy atom. The summed E-state index contributed by atoms with van der Waals surface area (Å²) in [5.74, 6) is -0.822. The normalized spacial score (nSPS) is 19.8. The third-order valence-electron chi connectivity index (χ3n) is 7.16. The van der Waals surface area contributed by atoms with Gasteiger partial charge in [0, 0.05) is 37.2 Å². The van der Waals surface area contributed by atoms with Gasteiger partial charge < -0.3 is 4.90 Å². The topological polar surface area (TPSA) is 101 Å². The molecule has 0 bridgehead atoms. The molecule has 2 aliphatic carbocycles. The molecule has 2 saturated carbocycles. The number of carbonyl (C=O) groups excluding carboxylic acids is 3. The van der Waals surface area contributed by atoms with Gasteiger partial charge in [0.1, 0.15) is 0 Å². The van der Waals surface area contributed by atoms with E-state index in [1.807, 2.05) is 0 Å². The van der Waals surface area contributed by atoms with Crippen LogP contribution in [0.4, 0.5) is 5.69 Å². The lowest BCUT2D eigenvalue weighted by molar-refractivity contribution is -0.384. The van der Waals surface area contributed by atoms with Crippen LogP contribution in [0.5, 0.6) is 0 Å². The number of hydrogen-bond donors (Lipinski definition) is 0. The molecule has 8 heteroatoms. The first-order chi connectivity index (χ1) is 15.5. The highest BCUT2D eigenvalue weighted by Gasteiger charge is 2.37. The first-order valence-electron chi connectivity index (χ1n) is 11.9. The molecule has 4 rings (SSSR count). The fourth-order valence-corrected chi connectivity index (χ4v) is 5.54. The molecule has 3 amide bonds. The van der Waals surface area contributed by atoms with Crippen LogP contribution in [0.15, 0.2) is 18.2 Å². The van der Waals surface area contributed by atoms with Gasteiger partial charge in [0.2, 0.25) is 5.91 Å². The molecule has 0 aromatic heterocycles. The van der Waals surface area contributed by atoms with Crippen LogP contribution >= 0.6 is 0 Å². The molecule has 2 fully saturated rings. The molecule has 0 unspecified atom stereocenters. The van der Waals surface area contributed by atoms with Crippen molar-refractivity contribution in [1.82, 2.24) is 9.80 Å². The van der Waals surface area contributed by atoms with Crippen molar-refractivity contribution in [3.63, 3.8) is 0 Å². The van der Waals surface area contributed by atoms with E-state index in [4.69, 9.17) is 0 Å². The third kappa shape index (κ3) is 4.54. The van der Waals surface area contributed by atoms with E-state index in [1.54, 1.807) is 0 Å². The molecule has 1 aromatic carbocycles. The van der Waals surface area contributed by atoms with Crippen molar-refractivity contribution in [2.45, 2.75) is 89.1 Å². The molecular formula is C24H31N3O5. The second-order valence-corrected chi connectivity index (χ2v) is 9.24. The lowest BCUT2D eigenvalue weighted by Crippen LogP contribution is -2.48. The lowest BCUT2D eigenvalue weighted by Gasteiger charge is -2.42. The Balaban J connectivity index is 1.39. The van der Waals surface area contributed by atoms with Crippen molar-refractivity contribution in [1.29, 1.82) is 0 Å². The number of rotatable bonds is 7. The smallest absolute Gasteiger partial charge is 0.270 e. The highest BCUT2D eigenvalue weighted by Crippen LogP contribution is 2.31. The highest BCUT2D eigenvalue weighted by molar-refractivity contribution is 6.21. The largest absolute Gasteiger partial charge is 0.337 e. The molecule has 1 aromatic rings. The van der Waals surface area contributed by atoms with Gasteiger partial charge in [-0.3, -0.25) is 29.4 Å². The first kappa shape index (κ1) is 22.4. The summed E-state index contributed by atoms with van der Waals surface area (Å²) in [7, 11) is 0. The summed E-state index contributed by atoms with van der Waals surface area (Å²) in [4.78, 5) is 52.3. The molecule has 32 heavy (non-hydrogen) atoms. The van der Waals surface area contributed by atoms with Crippen LogP contribution in [-0.4, -0.2) is 51.1 Å². The summed E-state index contributed by atoms with van der Waals surface area (Å²) in [6.07, 6.45) is 12.1. The fourth-order valence-electron chi connectivity index (χ4n) is 5.54. The molecule has 0 N–H and O–H groups in total. The zero-order chi connectivity index (χ0) is 22.7. The predicted molar refractivity (Wildman–Crippen MR) is 118 cm³/mol. The van der Waals surface area contributed by atoms with Gasteiger partial charge in [0.25, 0.3) is 17.5 Å². The second-order valence-electron chi connectivity index (χ2n) is 9.24. The number of carbonyl (C=O) groups is 3. The van der Waals surface area contributed by atoms with Gasteiger partial charge in [-0.25, -0.2) is 0 Å². The second kappa shape index (κ2) is 9.79. The van der Waals surface area contributed by atoms with Crippen LogP contribution < -0.4 is 0 Å².